The lowest BCUT2D eigenvalue weighted by Crippen LogP contribution is -2.07. The number of anilines is 1. The molecule has 0 unspecified atom stereocenters. The van der Waals surface area contributed by atoms with E-state index in [1.165, 1.54) is 29.5 Å². The standard InChI is InChI=1S/C18H11Cl2N3O3S/c19-14-6-4-11(8-15(14)20)5-7-17(24)22-18-21-16(10-27-18)12-2-1-3-13(9-12)23(25)26/h1-10H,(H,21,22,24)/b7-5+. The van der Waals surface area contributed by atoms with E-state index < -0.39 is 4.92 Å². The lowest BCUT2D eigenvalue weighted by molar-refractivity contribution is -0.384. The molecule has 0 aliphatic carbocycles. The van der Waals surface area contributed by atoms with Crippen molar-refractivity contribution in [3.63, 3.8) is 0 Å². The Labute approximate surface area is 168 Å². The number of halogens is 2. The number of benzene rings is 2. The molecule has 1 heterocycles. The highest BCUT2D eigenvalue weighted by Crippen LogP contribution is 2.27. The first-order valence-corrected chi connectivity index (χ1v) is 9.20. The van der Waals surface area contributed by atoms with Crippen LogP contribution in [0.2, 0.25) is 10.0 Å². The van der Waals surface area contributed by atoms with Crippen LogP contribution in [0, 0.1) is 10.1 Å². The van der Waals surface area contributed by atoms with Gasteiger partial charge in [0.1, 0.15) is 0 Å². The Hall–Kier alpha value is -2.74. The summed E-state index contributed by atoms with van der Waals surface area (Å²) in [7, 11) is 0. The second-order valence-corrected chi connectivity index (χ2v) is 7.01. The van der Waals surface area contributed by atoms with Crippen LogP contribution in [-0.2, 0) is 4.79 Å². The van der Waals surface area contributed by atoms with Crippen LogP contribution < -0.4 is 5.32 Å². The third kappa shape index (κ3) is 4.91. The van der Waals surface area contributed by atoms with E-state index in [2.05, 4.69) is 10.3 Å². The molecule has 136 valence electrons. The smallest absolute Gasteiger partial charge is 0.270 e. The fourth-order valence-electron chi connectivity index (χ4n) is 2.18. The normalized spacial score (nSPS) is 10.9. The van der Waals surface area contributed by atoms with Crippen molar-refractivity contribution in [2.45, 2.75) is 0 Å². The molecule has 6 nitrogen and oxygen atoms in total. The van der Waals surface area contributed by atoms with Crippen molar-refractivity contribution in [3.05, 3.63) is 79.6 Å². The molecule has 0 aliphatic rings. The van der Waals surface area contributed by atoms with Crippen LogP contribution in [-0.4, -0.2) is 15.8 Å². The van der Waals surface area contributed by atoms with E-state index in [1.54, 1.807) is 41.8 Å². The minimum absolute atomic E-state index is 0.0179. The van der Waals surface area contributed by atoms with Gasteiger partial charge in [-0.15, -0.1) is 11.3 Å². The summed E-state index contributed by atoms with van der Waals surface area (Å²) < 4.78 is 0. The zero-order chi connectivity index (χ0) is 19.4. The van der Waals surface area contributed by atoms with Crippen LogP contribution in [0.15, 0.2) is 53.9 Å². The Kier molecular flexibility index (Phi) is 5.85. The largest absolute Gasteiger partial charge is 0.298 e. The van der Waals surface area contributed by atoms with Gasteiger partial charge in [-0.1, -0.05) is 41.4 Å². The minimum atomic E-state index is -0.466. The van der Waals surface area contributed by atoms with Gasteiger partial charge in [-0.05, 0) is 23.8 Å². The highest BCUT2D eigenvalue weighted by atomic mass is 35.5. The number of nitro benzene ring substituents is 1. The fraction of sp³-hybridized carbons (Fsp3) is 0. The Bertz CT molecular complexity index is 1050. The lowest BCUT2D eigenvalue weighted by Gasteiger charge is -1.99. The summed E-state index contributed by atoms with van der Waals surface area (Å²) in [5.41, 5.74) is 1.87. The van der Waals surface area contributed by atoms with Crippen molar-refractivity contribution in [2.75, 3.05) is 5.32 Å². The highest BCUT2D eigenvalue weighted by Gasteiger charge is 2.10. The number of nitrogens with zero attached hydrogens (tertiary/aromatic N) is 2. The molecule has 0 radical (unpaired) electrons. The minimum Gasteiger partial charge on any atom is -0.298 e. The third-order valence-electron chi connectivity index (χ3n) is 3.46. The third-order valence-corrected chi connectivity index (χ3v) is 4.95. The van der Waals surface area contributed by atoms with Gasteiger partial charge in [0.15, 0.2) is 5.13 Å². The molecule has 3 rings (SSSR count). The average molecular weight is 420 g/mol. The van der Waals surface area contributed by atoms with E-state index >= 15 is 0 Å². The predicted molar refractivity (Wildman–Crippen MR) is 108 cm³/mol. The van der Waals surface area contributed by atoms with Crippen LogP contribution in [0.3, 0.4) is 0 Å². The molecule has 0 atom stereocenters. The summed E-state index contributed by atoms with van der Waals surface area (Å²) in [4.78, 5) is 26.7. The molecular formula is C18H11Cl2N3O3S. The summed E-state index contributed by atoms with van der Waals surface area (Å²) in [6, 6.07) is 11.2. The number of thiazole rings is 1. The SMILES string of the molecule is O=C(/C=C/c1ccc(Cl)c(Cl)c1)Nc1nc(-c2cccc([N+](=O)[O-])c2)cs1. The molecule has 2 aromatic carbocycles. The van der Waals surface area contributed by atoms with Gasteiger partial charge in [-0.25, -0.2) is 4.98 Å². The number of hydrogen-bond acceptors (Lipinski definition) is 5. The number of carbonyl (C=O) groups is 1. The number of non-ortho nitro benzene ring substituents is 1. The number of carbonyl (C=O) groups excluding carboxylic acids is 1. The predicted octanol–water partition coefficient (Wildman–Crippen LogP) is 5.68. The first-order chi connectivity index (χ1) is 12.9. The molecule has 0 saturated heterocycles. The molecule has 1 N–H and O–H groups in total. The van der Waals surface area contributed by atoms with Gasteiger partial charge in [0.25, 0.3) is 5.69 Å². The zero-order valence-electron chi connectivity index (χ0n) is 13.6. The van der Waals surface area contributed by atoms with Gasteiger partial charge < -0.3 is 0 Å². The van der Waals surface area contributed by atoms with E-state index in [-0.39, 0.29) is 11.6 Å². The number of nitrogens with one attached hydrogen (secondary N) is 1. The van der Waals surface area contributed by atoms with E-state index in [4.69, 9.17) is 23.2 Å². The van der Waals surface area contributed by atoms with Crippen molar-refractivity contribution in [1.82, 2.24) is 4.98 Å². The van der Waals surface area contributed by atoms with Crippen molar-refractivity contribution in [2.24, 2.45) is 0 Å². The highest BCUT2D eigenvalue weighted by molar-refractivity contribution is 7.14. The number of nitro groups is 1. The maximum absolute atomic E-state index is 12.0. The quantitative estimate of drug-likeness (QED) is 0.327. The summed E-state index contributed by atoms with van der Waals surface area (Å²) in [6.07, 6.45) is 2.96. The summed E-state index contributed by atoms with van der Waals surface area (Å²) >= 11 is 13.0. The van der Waals surface area contributed by atoms with Gasteiger partial charge in [0.2, 0.25) is 5.91 Å². The summed E-state index contributed by atoms with van der Waals surface area (Å²) in [5.74, 6) is -0.360. The molecule has 1 aromatic heterocycles. The number of hydrogen-bond donors (Lipinski definition) is 1. The van der Waals surface area contributed by atoms with Crippen LogP contribution in [0.25, 0.3) is 17.3 Å². The van der Waals surface area contributed by atoms with Gasteiger partial charge in [-0.2, -0.15) is 0 Å². The second kappa shape index (κ2) is 8.30. The average Bonchev–Trinajstić information content (AvgIpc) is 3.11. The zero-order valence-corrected chi connectivity index (χ0v) is 15.9. The van der Waals surface area contributed by atoms with Crippen LogP contribution in [0.5, 0.6) is 0 Å². The van der Waals surface area contributed by atoms with E-state index in [1.807, 2.05) is 0 Å². The Morgan fingerprint density at radius 2 is 2.00 bits per heavy atom. The van der Waals surface area contributed by atoms with Gasteiger partial charge in [0, 0.05) is 29.2 Å². The lowest BCUT2D eigenvalue weighted by atomic mass is 10.1. The monoisotopic (exact) mass is 419 g/mol. The summed E-state index contributed by atoms with van der Waals surface area (Å²) in [5, 5.41) is 16.5. The molecule has 0 aliphatic heterocycles. The van der Waals surface area contributed by atoms with E-state index in [9.17, 15) is 14.9 Å². The molecule has 0 bridgehead atoms. The fourth-order valence-corrected chi connectivity index (χ4v) is 3.21. The van der Waals surface area contributed by atoms with E-state index in [0.29, 0.717) is 26.4 Å². The molecule has 0 saturated carbocycles. The van der Waals surface area contributed by atoms with Crippen molar-refractivity contribution < 1.29 is 9.72 Å². The van der Waals surface area contributed by atoms with E-state index in [0.717, 1.165) is 5.56 Å². The van der Waals surface area contributed by atoms with Crippen LogP contribution in [0.1, 0.15) is 5.56 Å². The van der Waals surface area contributed by atoms with Gasteiger partial charge in [0.05, 0.1) is 20.7 Å². The topological polar surface area (TPSA) is 85.1 Å². The molecule has 1 amide bonds. The Morgan fingerprint density at radius 3 is 2.74 bits per heavy atom. The van der Waals surface area contributed by atoms with Crippen molar-refractivity contribution in [3.8, 4) is 11.3 Å². The molecular weight excluding hydrogens is 409 g/mol. The molecule has 27 heavy (non-hydrogen) atoms. The van der Waals surface area contributed by atoms with Crippen molar-refractivity contribution >= 4 is 57.3 Å². The first kappa shape index (κ1) is 19.0. The first-order valence-electron chi connectivity index (χ1n) is 7.57. The Balaban J connectivity index is 1.69. The maximum Gasteiger partial charge on any atom is 0.270 e. The van der Waals surface area contributed by atoms with Crippen LogP contribution >= 0.6 is 34.5 Å². The molecule has 0 fully saturated rings. The van der Waals surface area contributed by atoms with Crippen molar-refractivity contribution in [1.29, 1.82) is 0 Å². The summed E-state index contributed by atoms with van der Waals surface area (Å²) in [6.45, 7) is 0. The van der Waals surface area contributed by atoms with Crippen LogP contribution in [0.4, 0.5) is 10.8 Å². The van der Waals surface area contributed by atoms with Gasteiger partial charge in [-0.3, -0.25) is 20.2 Å². The molecule has 9 heteroatoms. The number of rotatable bonds is 5. The maximum atomic E-state index is 12.0. The van der Waals surface area contributed by atoms with Gasteiger partial charge >= 0.3 is 0 Å². The number of aromatic nitrogens is 1. The number of amides is 1. The molecule has 0 spiro atoms. The second-order valence-electron chi connectivity index (χ2n) is 5.34. The molecule has 3 aromatic rings. The Morgan fingerprint density at radius 1 is 1.19 bits per heavy atom.